The Labute approximate surface area is 130 Å². The summed E-state index contributed by atoms with van der Waals surface area (Å²) >= 11 is 3.46. The lowest BCUT2D eigenvalue weighted by molar-refractivity contribution is 0.0510. The summed E-state index contributed by atoms with van der Waals surface area (Å²) in [5, 5.41) is 1.05. The summed E-state index contributed by atoms with van der Waals surface area (Å²) in [6, 6.07) is 21.1. The van der Waals surface area contributed by atoms with Gasteiger partial charge in [0, 0.05) is 18.4 Å². The van der Waals surface area contributed by atoms with Crippen LogP contribution in [0.1, 0.15) is 30.1 Å². The highest BCUT2D eigenvalue weighted by Gasteiger charge is 2.12. The third kappa shape index (κ3) is 5.10. The molecule has 1 nitrogen and oxygen atoms in total. The summed E-state index contributed by atoms with van der Waals surface area (Å²) < 4.78 is 6.11. The van der Waals surface area contributed by atoms with Crippen molar-refractivity contribution in [3.63, 3.8) is 0 Å². The second-order valence-corrected chi connectivity index (χ2v) is 5.65. The molecule has 0 amide bonds. The molecule has 0 aliphatic heterocycles. The van der Waals surface area contributed by atoms with Crippen LogP contribution in [-0.2, 0) is 11.2 Å². The van der Waals surface area contributed by atoms with Crippen LogP contribution in [0.3, 0.4) is 0 Å². The summed E-state index contributed by atoms with van der Waals surface area (Å²) in [6.45, 7) is 0.817. The van der Waals surface area contributed by atoms with Gasteiger partial charge in [-0.1, -0.05) is 76.6 Å². The lowest BCUT2D eigenvalue weighted by Gasteiger charge is -2.18. The van der Waals surface area contributed by atoms with Crippen LogP contribution in [0.2, 0.25) is 0 Å². The monoisotopic (exact) mass is 332 g/mol. The molecule has 0 aliphatic rings. The maximum absolute atomic E-state index is 6.11. The minimum atomic E-state index is 0.147. The molecule has 2 heteroatoms. The van der Waals surface area contributed by atoms with Crippen LogP contribution < -0.4 is 0 Å². The highest BCUT2D eigenvalue weighted by molar-refractivity contribution is 9.09. The SMILES string of the molecule is BrCCCCOC(Cc1ccccc1)c1ccccc1. The molecule has 0 bridgehead atoms. The van der Waals surface area contributed by atoms with Crippen molar-refractivity contribution in [2.75, 3.05) is 11.9 Å². The van der Waals surface area contributed by atoms with Crippen molar-refractivity contribution >= 4 is 15.9 Å². The average molecular weight is 333 g/mol. The lowest BCUT2D eigenvalue weighted by atomic mass is 10.0. The van der Waals surface area contributed by atoms with E-state index >= 15 is 0 Å². The zero-order valence-electron chi connectivity index (χ0n) is 11.7. The number of halogens is 1. The van der Waals surface area contributed by atoms with E-state index in [4.69, 9.17) is 4.74 Å². The summed E-state index contributed by atoms with van der Waals surface area (Å²) in [4.78, 5) is 0. The van der Waals surface area contributed by atoms with Gasteiger partial charge >= 0.3 is 0 Å². The van der Waals surface area contributed by atoms with Crippen molar-refractivity contribution in [2.45, 2.75) is 25.4 Å². The highest BCUT2D eigenvalue weighted by atomic mass is 79.9. The van der Waals surface area contributed by atoms with Crippen LogP contribution in [0.25, 0.3) is 0 Å². The zero-order valence-corrected chi connectivity index (χ0v) is 13.3. The molecular formula is C18H21BrO. The number of ether oxygens (including phenoxy) is 1. The van der Waals surface area contributed by atoms with E-state index in [1.165, 1.54) is 11.1 Å². The fraction of sp³-hybridized carbons (Fsp3) is 0.333. The van der Waals surface area contributed by atoms with Crippen molar-refractivity contribution in [3.05, 3.63) is 71.8 Å². The Hall–Kier alpha value is -1.12. The van der Waals surface area contributed by atoms with Crippen molar-refractivity contribution in [1.29, 1.82) is 0 Å². The second-order valence-electron chi connectivity index (χ2n) is 4.86. The van der Waals surface area contributed by atoms with Gasteiger partial charge in [0.15, 0.2) is 0 Å². The molecule has 0 heterocycles. The standard InChI is InChI=1S/C18H21BrO/c19-13-7-8-14-20-18(17-11-5-2-6-12-17)15-16-9-3-1-4-10-16/h1-6,9-12,18H,7-8,13-15H2. The Morgan fingerprint density at radius 3 is 2.15 bits per heavy atom. The van der Waals surface area contributed by atoms with Gasteiger partial charge < -0.3 is 4.74 Å². The molecule has 0 radical (unpaired) electrons. The number of rotatable bonds is 8. The third-order valence-electron chi connectivity index (χ3n) is 3.28. The van der Waals surface area contributed by atoms with Gasteiger partial charge in [-0.25, -0.2) is 0 Å². The fourth-order valence-corrected chi connectivity index (χ4v) is 2.59. The molecule has 0 N–H and O–H groups in total. The van der Waals surface area contributed by atoms with E-state index in [1.54, 1.807) is 0 Å². The number of alkyl halides is 1. The maximum atomic E-state index is 6.11. The van der Waals surface area contributed by atoms with Gasteiger partial charge in [0.25, 0.3) is 0 Å². The molecule has 2 aromatic rings. The Bertz CT molecular complexity index is 469. The van der Waals surface area contributed by atoms with Gasteiger partial charge in [-0.3, -0.25) is 0 Å². The molecule has 2 rings (SSSR count). The Kier molecular flexibility index (Phi) is 6.82. The Morgan fingerprint density at radius 2 is 1.50 bits per heavy atom. The normalized spacial score (nSPS) is 12.2. The van der Waals surface area contributed by atoms with E-state index in [2.05, 4.69) is 70.5 Å². The smallest absolute Gasteiger partial charge is 0.0865 e. The van der Waals surface area contributed by atoms with Crippen molar-refractivity contribution in [1.82, 2.24) is 0 Å². The van der Waals surface area contributed by atoms with Crippen LogP contribution in [0.4, 0.5) is 0 Å². The van der Waals surface area contributed by atoms with Crippen molar-refractivity contribution < 1.29 is 4.74 Å². The first kappa shape index (κ1) is 15.3. The first-order chi connectivity index (χ1) is 9.90. The zero-order chi connectivity index (χ0) is 14.0. The van der Waals surface area contributed by atoms with E-state index in [1.807, 2.05) is 6.07 Å². The minimum Gasteiger partial charge on any atom is -0.373 e. The molecular weight excluding hydrogens is 312 g/mol. The van der Waals surface area contributed by atoms with Crippen LogP contribution in [0, 0.1) is 0 Å². The largest absolute Gasteiger partial charge is 0.373 e. The van der Waals surface area contributed by atoms with E-state index < -0.39 is 0 Å². The quantitative estimate of drug-likeness (QED) is 0.479. The average Bonchev–Trinajstić information content (AvgIpc) is 2.52. The molecule has 0 spiro atoms. The molecule has 1 unspecified atom stereocenters. The van der Waals surface area contributed by atoms with Gasteiger partial charge in [-0.15, -0.1) is 0 Å². The third-order valence-corrected chi connectivity index (χ3v) is 3.84. The minimum absolute atomic E-state index is 0.147. The van der Waals surface area contributed by atoms with Crippen molar-refractivity contribution in [2.24, 2.45) is 0 Å². The first-order valence-corrected chi connectivity index (χ1v) is 8.28. The Morgan fingerprint density at radius 1 is 0.850 bits per heavy atom. The molecule has 20 heavy (non-hydrogen) atoms. The molecule has 0 saturated heterocycles. The number of unbranched alkanes of at least 4 members (excludes halogenated alkanes) is 1. The van der Waals surface area contributed by atoms with Gasteiger partial charge in [0.2, 0.25) is 0 Å². The molecule has 0 aliphatic carbocycles. The van der Waals surface area contributed by atoms with Crippen molar-refractivity contribution in [3.8, 4) is 0 Å². The summed E-state index contributed by atoms with van der Waals surface area (Å²) in [5.74, 6) is 0. The first-order valence-electron chi connectivity index (χ1n) is 7.16. The summed E-state index contributed by atoms with van der Waals surface area (Å²) in [7, 11) is 0. The van der Waals surface area contributed by atoms with E-state index in [-0.39, 0.29) is 6.10 Å². The Balaban J connectivity index is 2.00. The molecule has 1 atom stereocenters. The predicted octanol–water partition coefficient (Wildman–Crippen LogP) is 5.16. The number of hydrogen-bond donors (Lipinski definition) is 0. The van der Waals surface area contributed by atoms with E-state index in [0.717, 1.165) is 31.2 Å². The molecule has 106 valence electrons. The van der Waals surface area contributed by atoms with Crippen LogP contribution in [-0.4, -0.2) is 11.9 Å². The number of hydrogen-bond acceptors (Lipinski definition) is 1. The molecule has 0 aromatic heterocycles. The summed E-state index contributed by atoms with van der Waals surface area (Å²) in [6.07, 6.45) is 3.34. The number of benzene rings is 2. The van der Waals surface area contributed by atoms with E-state index in [0.29, 0.717) is 0 Å². The molecule has 0 saturated carbocycles. The predicted molar refractivity (Wildman–Crippen MR) is 88.3 cm³/mol. The second kappa shape index (κ2) is 8.93. The fourth-order valence-electron chi connectivity index (χ4n) is 2.19. The topological polar surface area (TPSA) is 9.23 Å². The molecule has 2 aromatic carbocycles. The van der Waals surface area contributed by atoms with Gasteiger partial charge in [-0.05, 0) is 24.0 Å². The van der Waals surface area contributed by atoms with Gasteiger partial charge in [0.1, 0.15) is 0 Å². The highest BCUT2D eigenvalue weighted by Crippen LogP contribution is 2.22. The van der Waals surface area contributed by atoms with Crippen LogP contribution >= 0.6 is 15.9 Å². The summed E-state index contributed by atoms with van der Waals surface area (Å²) in [5.41, 5.74) is 2.58. The lowest BCUT2D eigenvalue weighted by Crippen LogP contribution is -2.09. The van der Waals surface area contributed by atoms with Crippen LogP contribution in [0.15, 0.2) is 60.7 Å². The van der Waals surface area contributed by atoms with E-state index in [9.17, 15) is 0 Å². The van der Waals surface area contributed by atoms with Gasteiger partial charge in [0.05, 0.1) is 6.10 Å². The van der Waals surface area contributed by atoms with Gasteiger partial charge in [-0.2, -0.15) is 0 Å². The maximum Gasteiger partial charge on any atom is 0.0865 e. The van der Waals surface area contributed by atoms with Crippen LogP contribution in [0.5, 0.6) is 0 Å². The molecule has 0 fully saturated rings.